The summed E-state index contributed by atoms with van der Waals surface area (Å²) in [5.41, 5.74) is 3.62. The molecule has 0 radical (unpaired) electrons. The molecule has 150 valence electrons. The number of hydrogen-bond donors (Lipinski definition) is 1. The lowest BCUT2D eigenvalue weighted by Crippen LogP contribution is -2.35. The van der Waals surface area contributed by atoms with E-state index in [2.05, 4.69) is 14.9 Å². The number of thiazole rings is 1. The van der Waals surface area contributed by atoms with Crippen molar-refractivity contribution in [3.63, 3.8) is 0 Å². The molecule has 0 spiro atoms. The zero-order valence-electron chi connectivity index (χ0n) is 16.1. The maximum absolute atomic E-state index is 12.7. The molecule has 0 bridgehead atoms. The van der Waals surface area contributed by atoms with Crippen LogP contribution in [0, 0.1) is 0 Å². The standard InChI is InChI=1S/C23H19ClN4OS/c24-17-8-6-16(7-9-17)23-25-12-18(30-23)13-28-11-10-20-19(14-28)22(29)27-21(26-20)15-4-2-1-3-5-15/h1-9,12H,10-11,13-14H2,(H,26,27,29). The van der Waals surface area contributed by atoms with Crippen molar-refractivity contribution >= 4 is 22.9 Å². The van der Waals surface area contributed by atoms with E-state index in [1.807, 2.05) is 60.8 Å². The Kier molecular flexibility index (Phi) is 5.21. The normalized spacial score (nSPS) is 13.9. The van der Waals surface area contributed by atoms with Crippen LogP contribution in [0.2, 0.25) is 5.02 Å². The van der Waals surface area contributed by atoms with Gasteiger partial charge < -0.3 is 4.98 Å². The van der Waals surface area contributed by atoms with Crippen molar-refractivity contribution in [2.45, 2.75) is 19.5 Å². The molecule has 2 aromatic heterocycles. The Bertz CT molecular complexity index is 1230. The van der Waals surface area contributed by atoms with Crippen LogP contribution in [0.3, 0.4) is 0 Å². The highest BCUT2D eigenvalue weighted by molar-refractivity contribution is 7.15. The molecule has 7 heteroatoms. The van der Waals surface area contributed by atoms with Crippen LogP contribution in [0.5, 0.6) is 0 Å². The van der Waals surface area contributed by atoms with E-state index < -0.39 is 0 Å². The molecule has 4 aromatic rings. The third-order valence-electron chi connectivity index (χ3n) is 5.22. The number of nitrogens with one attached hydrogen (secondary N) is 1. The van der Waals surface area contributed by atoms with E-state index in [4.69, 9.17) is 16.6 Å². The van der Waals surface area contributed by atoms with E-state index in [0.29, 0.717) is 12.4 Å². The fourth-order valence-corrected chi connectivity index (χ4v) is 4.76. The summed E-state index contributed by atoms with van der Waals surface area (Å²) in [6, 6.07) is 17.5. The zero-order chi connectivity index (χ0) is 20.5. The van der Waals surface area contributed by atoms with Gasteiger partial charge in [-0.3, -0.25) is 9.69 Å². The molecule has 5 rings (SSSR count). The van der Waals surface area contributed by atoms with Gasteiger partial charge in [0.25, 0.3) is 5.56 Å². The second kappa shape index (κ2) is 8.14. The molecule has 1 aliphatic rings. The average molecular weight is 435 g/mol. The van der Waals surface area contributed by atoms with E-state index in [-0.39, 0.29) is 5.56 Å². The third kappa shape index (κ3) is 3.94. The monoisotopic (exact) mass is 434 g/mol. The Labute approximate surface area is 183 Å². The molecule has 0 unspecified atom stereocenters. The summed E-state index contributed by atoms with van der Waals surface area (Å²) in [6.07, 6.45) is 2.69. The van der Waals surface area contributed by atoms with Crippen molar-refractivity contribution in [2.24, 2.45) is 0 Å². The van der Waals surface area contributed by atoms with Gasteiger partial charge in [0.2, 0.25) is 0 Å². The van der Waals surface area contributed by atoms with Gasteiger partial charge >= 0.3 is 0 Å². The number of aromatic amines is 1. The molecule has 1 aliphatic heterocycles. The Hall–Kier alpha value is -2.80. The summed E-state index contributed by atoms with van der Waals surface area (Å²) in [7, 11) is 0. The number of H-pyrrole nitrogens is 1. The molecule has 2 aromatic carbocycles. The van der Waals surface area contributed by atoms with Crippen molar-refractivity contribution < 1.29 is 0 Å². The lowest BCUT2D eigenvalue weighted by Gasteiger charge is -2.27. The topological polar surface area (TPSA) is 61.9 Å². The predicted octanol–water partition coefficient (Wildman–Crippen LogP) is 4.77. The number of benzene rings is 2. The number of rotatable bonds is 4. The van der Waals surface area contributed by atoms with Crippen LogP contribution in [-0.2, 0) is 19.5 Å². The lowest BCUT2D eigenvalue weighted by molar-refractivity contribution is 0.244. The van der Waals surface area contributed by atoms with Gasteiger partial charge in [-0.05, 0) is 12.1 Å². The fourth-order valence-electron chi connectivity index (χ4n) is 3.68. The first kappa shape index (κ1) is 19.2. The summed E-state index contributed by atoms with van der Waals surface area (Å²) in [5, 5.41) is 1.70. The van der Waals surface area contributed by atoms with Gasteiger partial charge in [0.1, 0.15) is 10.8 Å². The number of halogens is 1. The van der Waals surface area contributed by atoms with Gasteiger partial charge in [-0.2, -0.15) is 0 Å². The Balaban J connectivity index is 1.33. The first-order valence-corrected chi connectivity index (χ1v) is 11.0. The molecule has 0 atom stereocenters. The third-order valence-corrected chi connectivity index (χ3v) is 6.50. The minimum absolute atomic E-state index is 0.0466. The minimum atomic E-state index is -0.0466. The highest BCUT2D eigenvalue weighted by Crippen LogP contribution is 2.28. The molecular formula is C23H19ClN4OS. The zero-order valence-corrected chi connectivity index (χ0v) is 17.7. The Morgan fingerprint density at radius 1 is 1.07 bits per heavy atom. The van der Waals surface area contributed by atoms with E-state index in [9.17, 15) is 4.79 Å². The van der Waals surface area contributed by atoms with Gasteiger partial charge in [-0.1, -0.05) is 54.1 Å². The van der Waals surface area contributed by atoms with Gasteiger partial charge in [0.15, 0.2) is 0 Å². The van der Waals surface area contributed by atoms with Crippen LogP contribution in [-0.4, -0.2) is 26.4 Å². The number of hydrogen-bond acceptors (Lipinski definition) is 5. The van der Waals surface area contributed by atoms with Crippen LogP contribution in [0.1, 0.15) is 16.1 Å². The van der Waals surface area contributed by atoms with Crippen molar-refractivity contribution in [2.75, 3.05) is 6.54 Å². The maximum atomic E-state index is 12.7. The average Bonchev–Trinajstić information content (AvgIpc) is 3.23. The number of nitrogens with zero attached hydrogens (tertiary/aromatic N) is 3. The maximum Gasteiger partial charge on any atom is 0.255 e. The second-order valence-electron chi connectivity index (χ2n) is 7.31. The van der Waals surface area contributed by atoms with Gasteiger partial charge in [-0.15, -0.1) is 11.3 Å². The summed E-state index contributed by atoms with van der Waals surface area (Å²) in [5.74, 6) is 0.642. The van der Waals surface area contributed by atoms with E-state index in [1.54, 1.807) is 11.3 Å². The summed E-state index contributed by atoms with van der Waals surface area (Å²) >= 11 is 7.65. The lowest BCUT2D eigenvalue weighted by atomic mass is 10.1. The molecule has 3 heterocycles. The van der Waals surface area contributed by atoms with Crippen molar-refractivity contribution in [3.8, 4) is 22.0 Å². The smallest absolute Gasteiger partial charge is 0.255 e. The summed E-state index contributed by atoms with van der Waals surface area (Å²) in [6.45, 7) is 2.23. The molecule has 0 saturated carbocycles. The Morgan fingerprint density at radius 2 is 1.87 bits per heavy atom. The molecule has 0 aliphatic carbocycles. The first-order chi connectivity index (χ1) is 14.7. The van der Waals surface area contributed by atoms with Crippen LogP contribution in [0.15, 0.2) is 65.6 Å². The minimum Gasteiger partial charge on any atom is -0.306 e. The fraction of sp³-hybridized carbons (Fsp3) is 0.174. The number of fused-ring (bicyclic) bond motifs is 1. The molecular weight excluding hydrogens is 416 g/mol. The van der Waals surface area contributed by atoms with Crippen molar-refractivity contribution in [1.29, 1.82) is 0 Å². The molecule has 5 nitrogen and oxygen atoms in total. The molecule has 0 saturated heterocycles. The second-order valence-corrected chi connectivity index (χ2v) is 8.86. The highest BCUT2D eigenvalue weighted by Gasteiger charge is 2.22. The van der Waals surface area contributed by atoms with Crippen LogP contribution >= 0.6 is 22.9 Å². The molecule has 0 fully saturated rings. The van der Waals surface area contributed by atoms with Crippen LogP contribution in [0.4, 0.5) is 0 Å². The largest absolute Gasteiger partial charge is 0.306 e. The summed E-state index contributed by atoms with van der Waals surface area (Å²) < 4.78 is 0. The van der Waals surface area contributed by atoms with Crippen molar-refractivity contribution in [1.82, 2.24) is 19.9 Å². The van der Waals surface area contributed by atoms with E-state index in [1.165, 1.54) is 4.88 Å². The van der Waals surface area contributed by atoms with Gasteiger partial charge in [0, 0.05) is 53.3 Å². The van der Waals surface area contributed by atoms with Gasteiger partial charge in [-0.25, -0.2) is 9.97 Å². The SMILES string of the molecule is O=c1[nH]c(-c2ccccc2)nc2c1CN(Cc1cnc(-c3ccc(Cl)cc3)s1)CC2. The van der Waals surface area contributed by atoms with Crippen LogP contribution in [0.25, 0.3) is 22.0 Å². The first-order valence-electron chi connectivity index (χ1n) is 9.76. The molecule has 0 amide bonds. The number of aromatic nitrogens is 3. The molecule has 1 N–H and O–H groups in total. The molecule has 30 heavy (non-hydrogen) atoms. The van der Waals surface area contributed by atoms with Crippen LogP contribution < -0.4 is 5.56 Å². The van der Waals surface area contributed by atoms with Gasteiger partial charge in [0.05, 0.1) is 11.3 Å². The highest BCUT2D eigenvalue weighted by atomic mass is 35.5. The van der Waals surface area contributed by atoms with Crippen molar-refractivity contribution in [3.05, 3.63) is 92.3 Å². The predicted molar refractivity (Wildman–Crippen MR) is 121 cm³/mol. The summed E-state index contributed by atoms with van der Waals surface area (Å²) in [4.78, 5) is 28.4. The van der Waals surface area contributed by atoms with E-state index >= 15 is 0 Å². The quantitative estimate of drug-likeness (QED) is 0.502. The Morgan fingerprint density at radius 3 is 2.67 bits per heavy atom. The van der Waals surface area contributed by atoms with E-state index in [0.717, 1.165) is 51.9 Å².